The van der Waals surface area contributed by atoms with E-state index in [1.807, 2.05) is 11.8 Å². The molecular formula is C16H26N4O2S. The summed E-state index contributed by atoms with van der Waals surface area (Å²) in [5.41, 5.74) is 6.53. The summed E-state index contributed by atoms with van der Waals surface area (Å²) in [6.45, 7) is 5.63. The lowest BCUT2D eigenvalue weighted by molar-refractivity contribution is 0.359. The van der Waals surface area contributed by atoms with Gasteiger partial charge in [0.2, 0.25) is 5.96 Å². The van der Waals surface area contributed by atoms with Crippen LogP contribution in [0.15, 0.2) is 29.2 Å². The molecule has 1 unspecified atom stereocenters. The highest BCUT2D eigenvalue weighted by molar-refractivity contribution is 7.89. The van der Waals surface area contributed by atoms with Crippen molar-refractivity contribution in [2.24, 2.45) is 5.73 Å². The number of benzene rings is 1. The van der Waals surface area contributed by atoms with Gasteiger partial charge in [-0.25, -0.2) is 12.7 Å². The molecule has 0 aromatic heterocycles. The summed E-state index contributed by atoms with van der Waals surface area (Å²) in [7, 11) is -3.67. The van der Waals surface area contributed by atoms with Crippen molar-refractivity contribution >= 4 is 16.0 Å². The topological polar surface area (TPSA) is 90.5 Å². The molecule has 0 spiro atoms. The lowest BCUT2D eigenvalue weighted by Gasteiger charge is -2.23. The maximum Gasteiger partial charge on any atom is 0.266 e. The van der Waals surface area contributed by atoms with Crippen molar-refractivity contribution in [1.29, 1.82) is 5.41 Å². The number of nitrogens with zero attached hydrogens (tertiary/aromatic N) is 2. The molecule has 0 aliphatic carbocycles. The van der Waals surface area contributed by atoms with E-state index in [4.69, 9.17) is 11.1 Å². The Kier molecular flexibility index (Phi) is 5.64. The Labute approximate surface area is 138 Å². The highest BCUT2D eigenvalue weighted by atomic mass is 32.2. The van der Waals surface area contributed by atoms with Crippen LogP contribution in [0.25, 0.3) is 0 Å². The largest absolute Gasteiger partial charge is 0.338 e. The highest BCUT2D eigenvalue weighted by Crippen LogP contribution is 2.24. The SMILES string of the molecule is CCCCN1C(=N)N(S(=O)(=O)c2ccc(CCN)cc2)CC1C. The summed E-state index contributed by atoms with van der Waals surface area (Å²) in [6.07, 6.45) is 2.70. The van der Waals surface area contributed by atoms with Crippen LogP contribution in [-0.2, 0) is 16.4 Å². The first-order valence-corrected chi connectivity index (χ1v) is 9.52. The number of guanidine groups is 1. The van der Waals surface area contributed by atoms with Crippen LogP contribution in [0, 0.1) is 5.41 Å². The third kappa shape index (κ3) is 3.67. The van der Waals surface area contributed by atoms with Crippen LogP contribution in [0.1, 0.15) is 32.3 Å². The summed E-state index contributed by atoms with van der Waals surface area (Å²) < 4.78 is 26.8. The molecule has 0 amide bonds. The molecule has 2 rings (SSSR count). The third-order valence-corrected chi connectivity index (χ3v) is 5.94. The van der Waals surface area contributed by atoms with E-state index in [2.05, 4.69) is 6.92 Å². The van der Waals surface area contributed by atoms with Crippen molar-refractivity contribution in [3.63, 3.8) is 0 Å². The Bertz CT molecular complexity index is 643. The molecule has 1 heterocycles. The lowest BCUT2D eigenvalue weighted by Crippen LogP contribution is -2.38. The zero-order valence-electron chi connectivity index (χ0n) is 13.8. The Morgan fingerprint density at radius 2 is 1.96 bits per heavy atom. The average Bonchev–Trinajstić information content (AvgIpc) is 2.81. The quantitative estimate of drug-likeness (QED) is 0.790. The zero-order chi connectivity index (χ0) is 17.0. The van der Waals surface area contributed by atoms with E-state index >= 15 is 0 Å². The first-order chi connectivity index (χ1) is 10.9. The molecule has 0 saturated carbocycles. The monoisotopic (exact) mass is 338 g/mol. The van der Waals surface area contributed by atoms with Gasteiger partial charge in [0, 0.05) is 12.6 Å². The number of nitrogens with one attached hydrogen (secondary N) is 1. The van der Waals surface area contributed by atoms with Gasteiger partial charge in [-0.1, -0.05) is 25.5 Å². The van der Waals surface area contributed by atoms with Gasteiger partial charge in [-0.05, 0) is 44.0 Å². The van der Waals surface area contributed by atoms with Crippen LogP contribution in [0.5, 0.6) is 0 Å². The number of hydrogen-bond donors (Lipinski definition) is 2. The molecule has 1 aliphatic heterocycles. The van der Waals surface area contributed by atoms with Gasteiger partial charge in [-0.2, -0.15) is 0 Å². The number of sulfonamides is 1. The van der Waals surface area contributed by atoms with E-state index < -0.39 is 10.0 Å². The van der Waals surface area contributed by atoms with E-state index in [9.17, 15) is 8.42 Å². The minimum atomic E-state index is -3.67. The predicted molar refractivity (Wildman–Crippen MR) is 91.9 cm³/mol. The second-order valence-corrected chi connectivity index (χ2v) is 7.80. The third-order valence-electron chi connectivity index (χ3n) is 4.17. The molecular weight excluding hydrogens is 312 g/mol. The molecule has 0 bridgehead atoms. The normalized spacial score (nSPS) is 18.7. The predicted octanol–water partition coefficient (Wildman–Crippen LogP) is 1.62. The fourth-order valence-electron chi connectivity index (χ4n) is 2.77. The maximum atomic E-state index is 12.8. The van der Waals surface area contributed by atoms with Crippen LogP contribution < -0.4 is 5.73 Å². The lowest BCUT2D eigenvalue weighted by atomic mass is 10.2. The standard InChI is InChI=1S/C16H26N4O2S/c1-3-4-11-19-13(2)12-20(16(19)18)23(21,22)15-7-5-14(6-8-15)9-10-17/h5-8,13,18H,3-4,9-12,17H2,1-2H3. The van der Waals surface area contributed by atoms with Gasteiger partial charge in [0.25, 0.3) is 10.0 Å². The molecule has 1 saturated heterocycles. The van der Waals surface area contributed by atoms with E-state index in [0.29, 0.717) is 13.1 Å². The van der Waals surface area contributed by atoms with Gasteiger partial charge in [0.05, 0.1) is 11.4 Å². The van der Waals surface area contributed by atoms with Crippen molar-refractivity contribution < 1.29 is 8.42 Å². The van der Waals surface area contributed by atoms with E-state index in [0.717, 1.165) is 31.4 Å². The van der Waals surface area contributed by atoms with Gasteiger partial charge < -0.3 is 10.6 Å². The summed E-state index contributed by atoms with van der Waals surface area (Å²) in [5.74, 6) is 0.0805. The van der Waals surface area contributed by atoms with Crippen LogP contribution in [0.2, 0.25) is 0 Å². The Morgan fingerprint density at radius 3 is 2.52 bits per heavy atom. The zero-order valence-corrected chi connectivity index (χ0v) is 14.6. The molecule has 23 heavy (non-hydrogen) atoms. The Morgan fingerprint density at radius 1 is 1.30 bits per heavy atom. The van der Waals surface area contributed by atoms with E-state index in [1.165, 1.54) is 4.31 Å². The van der Waals surface area contributed by atoms with Crippen molar-refractivity contribution in [2.45, 2.75) is 44.0 Å². The Balaban J connectivity index is 2.20. The van der Waals surface area contributed by atoms with Crippen molar-refractivity contribution in [2.75, 3.05) is 19.6 Å². The fourth-order valence-corrected chi connectivity index (χ4v) is 4.24. The van der Waals surface area contributed by atoms with Crippen LogP contribution in [0.3, 0.4) is 0 Å². The average molecular weight is 338 g/mol. The van der Waals surface area contributed by atoms with Crippen molar-refractivity contribution in [1.82, 2.24) is 9.21 Å². The van der Waals surface area contributed by atoms with Gasteiger partial charge in [0.15, 0.2) is 0 Å². The van der Waals surface area contributed by atoms with E-state index in [1.54, 1.807) is 24.3 Å². The molecule has 6 nitrogen and oxygen atoms in total. The summed E-state index contributed by atoms with van der Waals surface area (Å²) in [5, 5.41) is 8.24. The van der Waals surface area contributed by atoms with Crippen molar-refractivity contribution in [3.05, 3.63) is 29.8 Å². The second-order valence-electron chi connectivity index (χ2n) is 5.94. The van der Waals surface area contributed by atoms with Crippen molar-refractivity contribution in [3.8, 4) is 0 Å². The molecule has 0 radical (unpaired) electrons. The van der Waals surface area contributed by atoms with Gasteiger partial charge in [0.1, 0.15) is 0 Å². The minimum absolute atomic E-state index is 0.0281. The summed E-state index contributed by atoms with van der Waals surface area (Å²) >= 11 is 0. The first kappa shape index (κ1) is 17.7. The summed E-state index contributed by atoms with van der Waals surface area (Å²) in [4.78, 5) is 2.09. The van der Waals surface area contributed by atoms with Gasteiger partial charge in [-0.3, -0.25) is 5.41 Å². The Hall–Kier alpha value is -1.60. The molecule has 128 valence electrons. The molecule has 1 atom stereocenters. The number of nitrogens with two attached hydrogens (primary N) is 1. The van der Waals surface area contributed by atoms with E-state index in [-0.39, 0.29) is 16.9 Å². The van der Waals surface area contributed by atoms with Crippen LogP contribution in [0.4, 0.5) is 0 Å². The maximum absolute atomic E-state index is 12.8. The second kappa shape index (κ2) is 7.31. The van der Waals surface area contributed by atoms with Crippen LogP contribution in [-0.4, -0.2) is 49.3 Å². The summed E-state index contributed by atoms with van der Waals surface area (Å²) in [6, 6.07) is 6.82. The molecule has 1 aliphatic rings. The number of unbranched alkanes of at least 4 members (excludes halogenated alkanes) is 1. The molecule has 1 aromatic rings. The minimum Gasteiger partial charge on any atom is -0.338 e. The highest BCUT2D eigenvalue weighted by Gasteiger charge is 2.38. The number of rotatable bonds is 7. The van der Waals surface area contributed by atoms with Gasteiger partial charge >= 0.3 is 0 Å². The number of hydrogen-bond acceptors (Lipinski definition) is 4. The molecule has 1 aromatic carbocycles. The first-order valence-electron chi connectivity index (χ1n) is 8.08. The molecule has 1 fully saturated rings. The fraction of sp³-hybridized carbons (Fsp3) is 0.562. The van der Waals surface area contributed by atoms with Crippen LogP contribution >= 0.6 is 0 Å². The molecule has 3 N–H and O–H groups in total. The van der Waals surface area contributed by atoms with Gasteiger partial charge in [-0.15, -0.1) is 0 Å². The molecule has 7 heteroatoms. The smallest absolute Gasteiger partial charge is 0.266 e.